The highest BCUT2D eigenvalue weighted by Crippen LogP contribution is 2.37. The molecule has 10 aromatic rings. The summed E-state index contributed by atoms with van der Waals surface area (Å²) in [4.78, 5) is 104. The summed E-state index contributed by atoms with van der Waals surface area (Å²) in [5.74, 6) is -2.89. The number of hydrogen-bond acceptors (Lipinski definition) is 17. The molecule has 0 unspecified atom stereocenters. The van der Waals surface area contributed by atoms with Crippen LogP contribution in [0.15, 0.2) is 198 Å². The molecule has 26 heteroatoms. The van der Waals surface area contributed by atoms with E-state index in [1.165, 1.54) is 84.0 Å². The number of nitrogens with zero attached hydrogens (tertiary/aromatic N) is 6. The summed E-state index contributed by atoms with van der Waals surface area (Å²) in [5, 5.41) is 56.2. The number of nitro groups is 1. The predicted molar refractivity (Wildman–Crippen MR) is 365 cm³/mol. The van der Waals surface area contributed by atoms with Gasteiger partial charge < -0.3 is 39.0 Å². The van der Waals surface area contributed by atoms with Gasteiger partial charge in [0, 0.05) is 44.3 Å². The van der Waals surface area contributed by atoms with Crippen molar-refractivity contribution < 1.29 is 72.2 Å². The Balaban J connectivity index is 0.000000156. The number of furan rings is 2. The molecule has 1 fully saturated rings. The van der Waals surface area contributed by atoms with Gasteiger partial charge in [0.25, 0.3) is 22.7 Å². The number of halogens is 2. The second-order valence-corrected chi connectivity index (χ2v) is 23.7. The van der Waals surface area contributed by atoms with Gasteiger partial charge >= 0.3 is 17.9 Å². The van der Waals surface area contributed by atoms with Crippen molar-refractivity contribution in [1.82, 2.24) is 9.88 Å². The monoisotopic (exact) mass is 1430 g/mol. The van der Waals surface area contributed by atoms with E-state index >= 15 is 0 Å². The molecule has 2 aliphatic heterocycles. The number of carbonyl (C=O) groups excluding carboxylic acids is 4. The second-order valence-electron chi connectivity index (χ2n) is 21.0. The molecule has 0 aliphatic carbocycles. The number of phenols is 1. The zero-order valence-electron chi connectivity index (χ0n) is 50.1. The van der Waals surface area contributed by atoms with E-state index in [9.17, 15) is 48.8 Å². The van der Waals surface area contributed by atoms with Crippen LogP contribution in [0.1, 0.15) is 71.8 Å². The molecule has 1 saturated heterocycles. The van der Waals surface area contributed by atoms with E-state index in [0.29, 0.717) is 96.8 Å². The van der Waals surface area contributed by atoms with Crippen LogP contribution in [0, 0.1) is 34.5 Å². The molecule has 0 saturated carbocycles. The second kappa shape index (κ2) is 28.5. The van der Waals surface area contributed by atoms with Gasteiger partial charge in [-0.1, -0.05) is 41.4 Å². The molecule has 476 valence electrons. The molecule has 0 spiro atoms. The van der Waals surface area contributed by atoms with Crippen LogP contribution in [0.5, 0.6) is 5.75 Å². The average Bonchev–Trinajstić information content (AvgIpc) is 1.74. The van der Waals surface area contributed by atoms with Gasteiger partial charge in [0.2, 0.25) is 11.8 Å². The van der Waals surface area contributed by atoms with E-state index in [2.05, 4.69) is 43.0 Å². The third kappa shape index (κ3) is 15.7. The highest BCUT2D eigenvalue weighted by molar-refractivity contribution is 14.1. The molecule has 0 bridgehead atoms. The fourth-order valence-electron chi connectivity index (χ4n) is 9.32. The number of imide groups is 1. The number of rotatable bonds is 15. The first-order chi connectivity index (χ1) is 45.3. The number of benzene rings is 7. The maximum atomic E-state index is 12.9. The summed E-state index contributed by atoms with van der Waals surface area (Å²) in [7, 11) is 0. The van der Waals surface area contributed by atoms with Gasteiger partial charge in [-0.25, -0.2) is 19.4 Å². The van der Waals surface area contributed by atoms with Crippen molar-refractivity contribution in [2.75, 3.05) is 16.9 Å². The largest absolute Gasteiger partial charge is 0.507 e. The number of aliphatic imine (C=N–C) groups is 1. The molecule has 5 N–H and O–H groups in total. The molecule has 95 heavy (non-hydrogen) atoms. The number of carboxylic acid groups (broad SMARTS) is 3. The summed E-state index contributed by atoms with van der Waals surface area (Å²) in [6.07, 6.45) is 4.37. The Morgan fingerprint density at radius 1 is 0.716 bits per heavy atom. The minimum atomic E-state index is -1.14. The number of nitro benzene ring substituents is 1. The quantitative estimate of drug-likeness (QED) is 0.0209. The van der Waals surface area contributed by atoms with Gasteiger partial charge in [-0.05, 0) is 213 Å². The zero-order chi connectivity index (χ0) is 67.9. The number of amides is 4. The Morgan fingerprint density at radius 2 is 1.40 bits per heavy atom. The van der Waals surface area contributed by atoms with Crippen LogP contribution in [0.4, 0.5) is 27.5 Å². The molecular weight excluding hydrogens is 1380 g/mol. The van der Waals surface area contributed by atoms with Gasteiger partial charge in [-0.3, -0.25) is 39.2 Å². The van der Waals surface area contributed by atoms with E-state index < -0.39 is 52.3 Å². The third-order valence-electron chi connectivity index (χ3n) is 14.4. The molecule has 12 rings (SSSR count). The zero-order valence-corrected chi connectivity index (χ0v) is 53.8. The summed E-state index contributed by atoms with van der Waals surface area (Å²) in [6.45, 7) is 6.85. The van der Waals surface area contributed by atoms with Crippen molar-refractivity contribution in [3.05, 3.63) is 243 Å². The predicted octanol–water partition coefficient (Wildman–Crippen LogP) is 15.5. The van der Waals surface area contributed by atoms with Crippen LogP contribution in [0.2, 0.25) is 5.02 Å². The molecular formula is C69H49ClIN7O16S. The van der Waals surface area contributed by atoms with E-state index in [4.69, 9.17) is 40.2 Å². The number of carboxylic acids is 3. The van der Waals surface area contributed by atoms with Gasteiger partial charge in [-0.2, -0.15) is 10.1 Å². The number of oxazole rings is 1. The van der Waals surface area contributed by atoms with Crippen molar-refractivity contribution in [3.63, 3.8) is 0 Å². The minimum Gasteiger partial charge on any atom is -0.507 e. The van der Waals surface area contributed by atoms with E-state index in [0.717, 1.165) is 30.7 Å². The van der Waals surface area contributed by atoms with Gasteiger partial charge in [0.05, 0.1) is 59.8 Å². The number of aromatic carboxylic acids is 3. The number of aryl methyl sites for hydroxylation is 3. The number of phenolic OH excluding ortho intramolecular Hbond substituents is 1. The van der Waals surface area contributed by atoms with Crippen molar-refractivity contribution >= 4 is 145 Å². The lowest BCUT2D eigenvalue weighted by Gasteiger charge is -2.12. The Bertz CT molecular complexity index is 4910. The standard InChI is InChI=1S/C24H17ClN2O6S.C24H19N3O6.C21H13IN2O4/c1-13-2-5-15(6-3-13)26-21(28)12-27-22(29)20(34-24(27)32)11-16-7-9-19(33-16)14-4-8-17(23(30)31)18(25)10-14;1-13-10-20(21(27(31)32)11-14(13)2)22-9-8-18(33-22)12-19-15(3)25-26(23(19)28)17-6-4-16(5-7-17)24(29)30;22-15-3-1-2-12(9-15)20-24-17-10-16(5-7-19(17)28-20)23-11-14-8-13(21(26)27)4-6-18(14)25/h2-11H,12H2,1H3,(H,26,28)(H,30,31);4-12H,1-3H3,(H,29,30);1-11,25H,(H,26,27)/b20-11-;19-12-;. The number of anilines is 2. The number of thioether (sulfide) groups is 1. The molecule has 3 aromatic heterocycles. The molecule has 0 radical (unpaired) electrons. The lowest BCUT2D eigenvalue weighted by atomic mass is 10.0. The smallest absolute Gasteiger partial charge is 0.337 e. The van der Waals surface area contributed by atoms with Gasteiger partial charge in [0.15, 0.2) is 5.58 Å². The van der Waals surface area contributed by atoms with Crippen LogP contribution in [-0.2, 0) is 14.4 Å². The number of fused-ring (bicyclic) bond motifs is 1. The summed E-state index contributed by atoms with van der Waals surface area (Å²) in [5.41, 5.74) is 8.61. The fourth-order valence-corrected chi connectivity index (χ4v) is 10.9. The van der Waals surface area contributed by atoms with Crippen LogP contribution in [0.25, 0.3) is 57.4 Å². The Morgan fingerprint density at radius 3 is 2.08 bits per heavy atom. The van der Waals surface area contributed by atoms with E-state index in [-0.39, 0.29) is 38.1 Å². The lowest BCUT2D eigenvalue weighted by Crippen LogP contribution is -2.36. The first-order valence-corrected chi connectivity index (χ1v) is 30.5. The molecule has 4 amide bonds. The van der Waals surface area contributed by atoms with Crippen molar-refractivity contribution in [2.24, 2.45) is 10.1 Å². The number of nitrogens with one attached hydrogen (secondary N) is 1. The van der Waals surface area contributed by atoms with Gasteiger partial charge in [-0.15, -0.1) is 0 Å². The van der Waals surface area contributed by atoms with E-state index in [1.807, 2.05) is 50.2 Å². The highest BCUT2D eigenvalue weighted by Gasteiger charge is 2.37. The number of hydrogen-bond donors (Lipinski definition) is 5. The highest BCUT2D eigenvalue weighted by atomic mass is 127. The van der Waals surface area contributed by atoms with Crippen molar-refractivity contribution in [2.45, 2.75) is 27.7 Å². The molecule has 2 aliphatic rings. The Labute approximate surface area is 561 Å². The summed E-state index contributed by atoms with van der Waals surface area (Å²) < 4.78 is 18.4. The normalized spacial score (nSPS) is 13.7. The number of hydrazone groups is 1. The first kappa shape index (κ1) is 66.4. The maximum absolute atomic E-state index is 12.9. The molecule has 7 aromatic carbocycles. The maximum Gasteiger partial charge on any atom is 0.337 e. The molecule has 5 heterocycles. The van der Waals surface area contributed by atoms with Gasteiger partial charge in [0.1, 0.15) is 40.9 Å². The van der Waals surface area contributed by atoms with Crippen LogP contribution in [0.3, 0.4) is 0 Å². The number of aromatic hydroxyl groups is 1. The Kier molecular flexibility index (Phi) is 19.9. The number of carbonyl (C=O) groups is 7. The molecule has 0 atom stereocenters. The fraction of sp³-hybridized carbons (Fsp3) is 0.0725. The summed E-state index contributed by atoms with van der Waals surface area (Å²) >= 11 is 8.96. The minimum absolute atomic E-state index is 0.0303. The third-order valence-corrected chi connectivity index (χ3v) is 16.3. The first-order valence-electron chi connectivity index (χ1n) is 28.2. The Hall–Kier alpha value is -11.6. The average molecular weight is 1430 g/mol. The lowest BCUT2D eigenvalue weighted by molar-refractivity contribution is -0.384. The number of aromatic nitrogens is 1. The summed E-state index contributed by atoms with van der Waals surface area (Å²) in [6, 6.07) is 44.3. The van der Waals surface area contributed by atoms with E-state index in [1.54, 1.807) is 80.6 Å². The van der Waals surface area contributed by atoms with Crippen molar-refractivity contribution in [1.29, 1.82) is 0 Å². The van der Waals surface area contributed by atoms with Crippen LogP contribution < -0.4 is 10.3 Å². The van der Waals surface area contributed by atoms with Crippen molar-refractivity contribution in [3.8, 4) is 39.9 Å². The SMILES string of the molecule is CC1=NN(c2ccc(C(=O)O)cc2)C(=O)/C1=C\c1ccc(-c2cc(C)c(C)cc2[N+](=O)[O-])o1.Cc1ccc(NC(=O)CN2C(=O)S/C(=C\c3ccc(-c4ccc(C(=O)O)c(Cl)c4)o3)C2=O)cc1.O=C(O)c1ccc(O)c(C=Nc2ccc3oc(-c4cccc(I)c4)nc3c2)c1. The van der Waals surface area contributed by atoms with Crippen LogP contribution in [-0.4, -0.2) is 94.6 Å². The van der Waals surface area contributed by atoms with Crippen LogP contribution >= 0.6 is 46.0 Å². The topological polar surface area (TPSA) is 339 Å². The molecule has 23 nitrogen and oxygen atoms in total.